The van der Waals surface area contributed by atoms with Crippen molar-refractivity contribution in [2.24, 2.45) is 5.73 Å². The lowest BCUT2D eigenvalue weighted by Gasteiger charge is -2.33. The number of hydrogen-bond donors (Lipinski definition) is 2. The third kappa shape index (κ3) is 2.18. The number of halogens is 1. The summed E-state index contributed by atoms with van der Waals surface area (Å²) in [7, 11) is 0. The number of carbonyl (C=O) groups excluding carboxylic acids is 1. The van der Waals surface area contributed by atoms with Crippen molar-refractivity contribution >= 4 is 6.03 Å². The van der Waals surface area contributed by atoms with E-state index in [9.17, 15) is 9.18 Å². The zero-order chi connectivity index (χ0) is 13.3. The van der Waals surface area contributed by atoms with Crippen LogP contribution in [0.4, 0.5) is 9.18 Å². The second-order valence-corrected chi connectivity index (χ2v) is 5.15. The molecule has 2 rings (SSSR count). The van der Waals surface area contributed by atoms with Crippen LogP contribution in [-0.2, 0) is 0 Å². The molecule has 0 aliphatic carbocycles. The average Bonchev–Trinajstić information content (AvgIpc) is 2.72. The highest BCUT2D eigenvalue weighted by molar-refractivity contribution is 5.78. The van der Waals surface area contributed by atoms with E-state index in [-0.39, 0.29) is 17.9 Å². The number of amides is 2. The molecular formula is C13H18FN3O. The smallest absolute Gasteiger partial charge is 0.318 e. The van der Waals surface area contributed by atoms with E-state index in [1.165, 1.54) is 6.07 Å². The van der Waals surface area contributed by atoms with Gasteiger partial charge in [0, 0.05) is 18.7 Å². The van der Waals surface area contributed by atoms with Crippen molar-refractivity contribution in [2.45, 2.75) is 25.4 Å². The first-order valence-electron chi connectivity index (χ1n) is 5.98. The van der Waals surface area contributed by atoms with Crippen LogP contribution in [0, 0.1) is 5.82 Å². The predicted octanol–water partition coefficient (Wildman–Crippen LogP) is 1.63. The van der Waals surface area contributed by atoms with Crippen LogP contribution in [0.5, 0.6) is 0 Å². The second-order valence-electron chi connectivity index (χ2n) is 5.15. The van der Waals surface area contributed by atoms with Crippen molar-refractivity contribution in [1.29, 1.82) is 0 Å². The van der Waals surface area contributed by atoms with E-state index in [0.29, 0.717) is 18.7 Å². The van der Waals surface area contributed by atoms with Gasteiger partial charge in [-0.3, -0.25) is 0 Å². The molecule has 98 valence electrons. The molecule has 1 saturated heterocycles. The molecule has 0 radical (unpaired) electrons. The molecule has 2 amide bonds. The van der Waals surface area contributed by atoms with Crippen LogP contribution in [0.3, 0.4) is 0 Å². The Hall–Kier alpha value is -1.62. The molecule has 0 spiro atoms. The maximum Gasteiger partial charge on any atom is 0.318 e. The maximum absolute atomic E-state index is 13.7. The first-order valence-corrected chi connectivity index (χ1v) is 5.98. The van der Waals surface area contributed by atoms with E-state index in [4.69, 9.17) is 5.73 Å². The van der Waals surface area contributed by atoms with Crippen molar-refractivity contribution < 1.29 is 9.18 Å². The molecule has 1 aromatic carbocycles. The van der Waals surface area contributed by atoms with E-state index in [2.05, 4.69) is 5.32 Å². The third-order valence-electron chi connectivity index (χ3n) is 3.42. The maximum atomic E-state index is 13.7. The molecule has 1 heterocycles. The quantitative estimate of drug-likeness (QED) is 0.857. The van der Waals surface area contributed by atoms with Gasteiger partial charge in [-0.1, -0.05) is 18.2 Å². The summed E-state index contributed by atoms with van der Waals surface area (Å²) in [6.07, 6.45) is 0. The van der Waals surface area contributed by atoms with Gasteiger partial charge in [0.05, 0.1) is 11.6 Å². The van der Waals surface area contributed by atoms with Crippen LogP contribution in [-0.4, -0.2) is 29.6 Å². The Morgan fingerprint density at radius 3 is 2.78 bits per heavy atom. The predicted molar refractivity (Wildman–Crippen MR) is 67.5 cm³/mol. The summed E-state index contributed by atoms with van der Waals surface area (Å²) < 4.78 is 13.7. The van der Waals surface area contributed by atoms with Gasteiger partial charge in [-0.25, -0.2) is 9.18 Å². The minimum absolute atomic E-state index is 0.196. The molecule has 0 saturated carbocycles. The van der Waals surface area contributed by atoms with E-state index >= 15 is 0 Å². The van der Waals surface area contributed by atoms with Crippen molar-refractivity contribution in [3.8, 4) is 0 Å². The first kappa shape index (κ1) is 12.8. The van der Waals surface area contributed by atoms with E-state index in [1.54, 1.807) is 23.1 Å². The summed E-state index contributed by atoms with van der Waals surface area (Å²) in [6.45, 7) is 4.60. The molecular weight excluding hydrogens is 233 g/mol. The highest BCUT2D eigenvalue weighted by Gasteiger charge is 2.38. The van der Waals surface area contributed by atoms with E-state index in [0.717, 1.165) is 0 Å². The Bertz CT molecular complexity index is 461. The largest absolute Gasteiger partial charge is 0.329 e. The van der Waals surface area contributed by atoms with Gasteiger partial charge in [0.1, 0.15) is 5.82 Å². The SMILES string of the molecule is CC(C)(CN)N1CC(c2ccccc2F)NC1=O. The lowest BCUT2D eigenvalue weighted by Crippen LogP contribution is -2.50. The van der Waals surface area contributed by atoms with Crippen LogP contribution < -0.4 is 11.1 Å². The average molecular weight is 251 g/mol. The number of nitrogens with one attached hydrogen (secondary N) is 1. The molecule has 5 heteroatoms. The van der Waals surface area contributed by atoms with Crippen LogP contribution in [0.1, 0.15) is 25.5 Å². The number of urea groups is 1. The summed E-state index contributed by atoms with van der Waals surface area (Å²) in [5, 5.41) is 2.79. The third-order valence-corrected chi connectivity index (χ3v) is 3.42. The van der Waals surface area contributed by atoms with Gasteiger partial charge >= 0.3 is 6.03 Å². The van der Waals surface area contributed by atoms with Crippen molar-refractivity contribution in [3.63, 3.8) is 0 Å². The Morgan fingerprint density at radius 2 is 2.17 bits per heavy atom. The fourth-order valence-corrected chi connectivity index (χ4v) is 2.10. The van der Waals surface area contributed by atoms with Gasteiger partial charge in [-0.2, -0.15) is 0 Å². The minimum atomic E-state index is -0.426. The highest BCUT2D eigenvalue weighted by Crippen LogP contribution is 2.27. The topological polar surface area (TPSA) is 58.4 Å². The zero-order valence-corrected chi connectivity index (χ0v) is 10.6. The van der Waals surface area contributed by atoms with Gasteiger partial charge in [-0.15, -0.1) is 0 Å². The minimum Gasteiger partial charge on any atom is -0.329 e. The molecule has 0 bridgehead atoms. The fraction of sp³-hybridized carbons (Fsp3) is 0.462. The molecule has 4 nitrogen and oxygen atoms in total. The van der Waals surface area contributed by atoms with Crippen molar-refractivity contribution in [3.05, 3.63) is 35.6 Å². The molecule has 18 heavy (non-hydrogen) atoms. The van der Waals surface area contributed by atoms with Crippen LogP contribution >= 0.6 is 0 Å². The summed E-state index contributed by atoms with van der Waals surface area (Å²) in [5.41, 5.74) is 5.76. The van der Waals surface area contributed by atoms with Crippen molar-refractivity contribution in [1.82, 2.24) is 10.2 Å². The summed E-state index contributed by atoms with van der Waals surface area (Å²) in [5.74, 6) is -0.296. The van der Waals surface area contributed by atoms with Gasteiger partial charge in [0.2, 0.25) is 0 Å². The van der Waals surface area contributed by atoms with Gasteiger partial charge in [0.25, 0.3) is 0 Å². The standard InChI is InChI=1S/C13H18FN3O/c1-13(2,8-15)17-7-11(16-12(17)18)9-5-3-4-6-10(9)14/h3-6,11H,7-8,15H2,1-2H3,(H,16,18). The molecule has 1 fully saturated rings. The number of nitrogens with zero attached hydrogens (tertiary/aromatic N) is 1. The Labute approximate surface area is 106 Å². The lowest BCUT2D eigenvalue weighted by molar-refractivity contribution is 0.163. The van der Waals surface area contributed by atoms with Crippen LogP contribution in [0.2, 0.25) is 0 Å². The summed E-state index contributed by atoms with van der Waals surface area (Å²) in [6, 6.07) is 5.99. The lowest BCUT2D eigenvalue weighted by atomic mass is 10.0. The fourth-order valence-electron chi connectivity index (χ4n) is 2.10. The summed E-state index contributed by atoms with van der Waals surface area (Å²) in [4.78, 5) is 13.6. The normalized spacial score (nSPS) is 20.1. The highest BCUT2D eigenvalue weighted by atomic mass is 19.1. The molecule has 1 aliphatic rings. The zero-order valence-electron chi connectivity index (χ0n) is 10.6. The Morgan fingerprint density at radius 1 is 1.50 bits per heavy atom. The number of nitrogens with two attached hydrogens (primary N) is 1. The number of benzene rings is 1. The molecule has 1 aliphatic heterocycles. The number of carbonyl (C=O) groups is 1. The Balaban J connectivity index is 2.22. The summed E-state index contributed by atoms with van der Waals surface area (Å²) >= 11 is 0. The number of hydrogen-bond acceptors (Lipinski definition) is 2. The van der Waals surface area contributed by atoms with Crippen molar-refractivity contribution in [2.75, 3.05) is 13.1 Å². The second kappa shape index (κ2) is 4.57. The molecule has 0 aromatic heterocycles. The molecule has 1 aromatic rings. The molecule has 1 atom stereocenters. The van der Waals surface area contributed by atoms with E-state index in [1.807, 2.05) is 13.8 Å². The van der Waals surface area contributed by atoms with Gasteiger partial charge in [0.15, 0.2) is 0 Å². The Kier molecular flexibility index (Phi) is 3.26. The van der Waals surface area contributed by atoms with E-state index < -0.39 is 5.54 Å². The molecule has 3 N–H and O–H groups in total. The van der Waals surface area contributed by atoms with Crippen LogP contribution in [0.25, 0.3) is 0 Å². The molecule has 1 unspecified atom stereocenters. The number of rotatable bonds is 3. The van der Waals surface area contributed by atoms with Gasteiger partial charge < -0.3 is 16.0 Å². The first-order chi connectivity index (χ1) is 8.45. The monoisotopic (exact) mass is 251 g/mol. The van der Waals surface area contributed by atoms with Gasteiger partial charge in [-0.05, 0) is 19.9 Å². The van der Waals surface area contributed by atoms with Crippen LogP contribution in [0.15, 0.2) is 24.3 Å².